The number of aromatic nitrogens is 1. The lowest BCUT2D eigenvalue weighted by Crippen LogP contribution is -2.17. The van der Waals surface area contributed by atoms with Gasteiger partial charge in [-0.05, 0) is 24.6 Å². The molecule has 0 aliphatic heterocycles. The van der Waals surface area contributed by atoms with Crippen LogP contribution in [0.5, 0.6) is 0 Å². The molecular weight excluding hydrogens is 263 g/mol. The third-order valence-corrected chi connectivity index (χ3v) is 4.93. The van der Waals surface area contributed by atoms with Crippen molar-refractivity contribution in [1.29, 1.82) is 0 Å². The molecular formula is C13H17N2O3P. The van der Waals surface area contributed by atoms with E-state index in [9.17, 15) is 4.57 Å². The zero-order valence-electron chi connectivity index (χ0n) is 11.5. The smallest absolute Gasteiger partial charge is 0.296 e. The molecule has 0 saturated carbocycles. The molecule has 0 radical (unpaired) electrons. The Labute approximate surface area is 112 Å². The number of aryl methyl sites for hydroxylation is 1. The second-order valence-corrected chi connectivity index (χ2v) is 6.44. The molecule has 0 bridgehead atoms. The van der Waals surface area contributed by atoms with E-state index in [-0.39, 0.29) is 0 Å². The van der Waals surface area contributed by atoms with Gasteiger partial charge in [0.15, 0.2) is 0 Å². The van der Waals surface area contributed by atoms with Crippen LogP contribution in [0.25, 0.3) is 10.9 Å². The predicted octanol–water partition coefficient (Wildman–Crippen LogP) is 3.38. The fourth-order valence-electron chi connectivity index (χ4n) is 1.94. The Morgan fingerprint density at radius 1 is 1.21 bits per heavy atom. The number of nitrogens with zero attached hydrogens (tertiary/aromatic N) is 2. The fraction of sp³-hybridized carbons (Fsp3) is 0.308. The molecule has 102 valence electrons. The first-order valence-electron chi connectivity index (χ1n) is 5.84. The highest BCUT2D eigenvalue weighted by Gasteiger charge is 2.29. The number of pyridine rings is 1. The summed E-state index contributed by atoms with van der Waals surface area (Å²) in [5.74, 6) is 0.559. The minimum atomic E-state index is -3.32. The van der Waals surface area contributed by atoms with Gasteiger partial charge in [0.05, 0.1) is 5.52 Å². The van der Waals surface area contributed by atoms with Crippen molar-refractivity contribution in [2.75, 3.05) is 25.9 Å². The molecule has 5 nitrogen and oxygen atoms in total. The van der Waals surface area contributed by atoms with Gasteiger partial charge in [0, 0.05) is 26.7 Å². The number of para-hydroxylation sites is 1. The minimum Gasteiger partial charge on any atom is -0.296 e. The van der Waals surface area contributed by atoms with Gasteiger partial charge in [0.1, 0.15) is 5.82 Å². The maximum atomic E-state index is 12.3. The van der Waals surface area contributed by atoms with Crippen LogP contribution in [0, 0.1) is 6.92 Å². The van der Waals surface area contributed by atoms with E-state index in [1.165, 1.54) is 18.9 Å². The van der Waals surface area contributed by atoms with Crippen LogP contribution in [0.15, 0.2) is 30.3 Å². The lowest BCUT2D eigenvalue weighted by atomic mass is 10.1. The Morgan fingerprint density at radius 3 is 2.47 bits per heavy atom. The SMILES string of the molecule is COP(=O)(OC)N(C)c1cc(C)c2ccccc2n1. The molecule has 0 aliphatic rings. The molecule has 0 fully saturated rings. The molecule has 2 aromatic rings. The quantitative estimate of drug-likeness (QED) is 0.803. The van der Waals surface area contributed by atoms with Gasteiger partial charge in [-0.1, -0.05) is 18.2 Å². The zero-order valence-corrected chi connectivity index (χ0v) is 12.3. The van der Waals surface area contributed by atoms with Gasteiger partial charge >= 0.3 is 7.75 Å². The molecule has 0 unspecified atom stereocenters. The predicted molar refractivity (Wildman–Crippen MR) is 76.5 cm³/mol. The third-order valence-electron chi connectivity index (χ3n) is 3.07. The summed E-state index contributed by atoms with van der Waals surface area (Å²) in [6.07, 6.45) is 0. The summed E-state index contributed by atoms with van der Waals surface area (Å²) in [5.41, 5.74) is 1.91. The number of rotatable bonds is 4. The van der Waals surface area contributed by atoms with E-state index >= 15 is 0 Å². The molecule has 6 heteroatoms. The van der Waals surface area contributed by atoms with Crippen LogP contribution in [-0.2, 0) is 13.6 Å². The van der Waals surface area contributed by atoms with Crippen LogP contribution in [-0.4, -0.2) is 26.3 Å². The van der Waals surface area contributed by atoms with Crippen molar-refractivity contribution in [3.63, 3.8) is 0 Å². The van der Waals surface area contributed by atoms with E-state index in [0.717, 1.165) is 16.5 Å². The molecule has 0 atom stereocenters. The first kappa shape index (κ1) is 14.0. The normalized spacial score (nSPS) is 11.8. The maximum absolute atomic E-state index is 12.3. The van der Waals surface area contributed by atoms with Crippen LogP contribution >= 0.6 is 7.75 Å². The van der Waals surface area contributed by atoms with Gasteiger partial charge < -0.3 is 0 Å². The molecule has 19 heavy (non-hydrogen) atoms. The average molecular weight is 280 g/mol. The van der Waals surface area contributed by atoms with Crippen molar-refractivity contribution < 1.29 is 13.6 Å². The van der Waals surface area contributed by atoms with Crippen LogP contribution < -0.4 is 4.67 Å². The van der Waals surface area contributed by atoms with Crippen molar-refractivity contribution in [1.82, 2.24) is 4.98 Å². The Morgan fingerprint density at radius 2 is 1.84 bits per heavy atom. The molecule has 0 aliphatic carbocycles. The molecule has 1 heterocycles. The molecule has 2 rings (SSSR count). The summed E-state index contributed by atoms with van der Waals surface area (Å²) in [6, 6.07) is 9.69. The first-order chi connectivity index (χ1) is 9.01. The van der Waals surface area contributed by atoms with E-state index in [2.05, 4.69) is 4.98 Å². The summed E-state index contributed by atoms with van der Waals surface area (Å²) in [5, 5.41) is 1.07. The Hall–Kier alpha value is -1.42. The second-order valence-electron chi connectivity index (χ2n) is 4.17. The lowest BCUT2D eigenvalue weighted by molar-refractivity contribution is 0.274. The number of fused-ring (bicyclic) bond motifs is 1. The first-order valence-corrected chi connectivity index (χ1v) is 7.33. The topological polar surface area (TPSA) is 51.7 Å². The molecule has 0 N–H and O–H groups in total. The monoisotopic (exact) mass is 280 g/mol. The highest BCUT2D eigenvalue weighted by molar-refractivity contribution is 7.55. The fourth-order valence-corrected chi connectivity index (χ4v) is 2.93. The number of hydrogen-bond acceptors (Lipinski definition) is 4. The van der Waals surface area contributed by atoms with E-state index in [0.29, 0.717) is 5.82 Å². The van der Waals surface area contributed by atoms with Gasteiger partial charge in [-0.2, -0.15) is 0 Å². The molecule has 0 spiro atoms. The number of anilines is 1. The molecule has 1 aromatic heterocycles. The molecule has 0 saturated heterocycles. The highest BCUT2D eigenvalue weighted by atomic mass is 31.2. The Kier molecular flexibility index (Phi) is 3.90. The summed E-state index contributed by atoms with van der Waals surface area (Å²) in [6.45, 7) is 1.99. The van der Waals surface area contributed by atoms with Gasteiger partial charge in [0.2, 0.25) is 0 Å². The van der Waals surface area contributed by atoms with Crippen molar-refractivity contribution in [2.45, 2.75) is 6.92 Å². The van der Waals surface area contributed by atoms with Crippen molar-refractivity contribution in [2.24, 2.45) is 0 Å². The van der Waals surface area contributed by atoms with Crippen LogP contribution in [0.4, 0.5) is 5.82 Å². The number of hydrogen-bond donors (Lipinski definition) is 0. The maximum Gasteiger partial charge on any atom is 0.435 e. The average Bonchev–Trinajstić information content (AvgIpc) is 2.45. The second kappa shape index (κ2) is 5.29. The zero-order chi connectivity index (χ0) is 14.0. The van der Waals surface area contributed by atoms with E-state index < -0.39 is 7.75 Å². The Balaban J connectivity index is 2.55. The van der Waals surface area contributed by atoms with Gasteiger partial charge in [0.25, 0.3) is 0 Å². The van der Waals surface area contributed by atoms with Crippen molar-refractivity contribution >= 4 is 24.5 Å². The van der Waals surface area contributed by atoms with Gasteiger partial charge in [-0.15, -0.1) is 0 Å². The van der Waals surface area contributed by atoms with E-state index in [4.69, 9.17) is 9.05 Å². The van der Waals surface area contributed by atoms with Crippen molar-refractivity contribution in [3.8, 4) is 0 Å². The molecule has 0 amide bonds. The van der Waals surface area contributed by atoms with E-state index in [1.807, 2.05) is 37.3 Å². The number of benzene rings is 1. The summed E-state index contributed by atoms with van der Waals surface area (Å²) in [7, 11) is 1.03. The Bertz CT molecular complexity index is 637. The largest absolute Gasteiger partial charge is 0.435 e. The van der Waals surface area contributed by atoms with Crippen LogP contribution in [0.3, 0.4) is 0 Å². The summed E-state index contributed by atoms with van der Waals surface area (Å²) < 4.78 is 23.7. The van der Waals surface area contributed by atoms with E-state index in [1.54, 1.807) is 7.05 Å². The summed E-state index contributed by atoms with van der Waals surface area (Å²) >= 11 is 0. The minimum absolute atomic E-state index is 0.559. The van der Waals surface area contributed by atoms with Gasteiger partial charge in [-0.3, -0.25) is 13.7 Å². The van der Waals surface area contributed by atoms with Gasteiger partial charge in [-0.25, -0.2) is 9.55 Å². The molecule has 1 aromatic carbocycles. The highest BCUT2D eigenvalue weighted by Crippen LogP contribution is 2.51. The van der Waals surface area contributed by atoms with Crippen LogP contribution in [0.1, 0.15) is 5.56 Å². The standard InChI is InChI=1S/C13H17N2O3P/c1-10-9-13(15(2)19(16,17-3)18-4)14-12-8-6-5-7-11(10)12/h5-9H,1-4H3. The van der Waals surface area contributed by atoms with Crippen LogP contribution in [0.2, 0.25) is 0 Å². The van der Waals surface area contributed by atoms with Crippen molar-refractivity contribution in [3.05, 3.63) is 35.9 Å². The summed E-state index contributed by atoms with van der Waals surface area (Å²) in [4.78, 5) is 4.49. The lowest BCUT2D eigenvalue weighted by Gasteiger charge is -2.25. The third kappa shape index (κ3) is 2.50.